The largest absolute Gasteiger partial charge is 0.481 e. The molecule has 1 atom stereocenters. The van der Waals surface area contributed by atoms with Crippen LogP contribution in [0.5, 0.6) is 0 Å². The van der Waals surface area contributed by atoms with Gasteiger partial charge in [0.1, 0.15) is 11.5 Å². The first-order chi connectivity index (χ1) is 22.0. The fourth-order valence-corrected chi connectivity index (χ4v) is 5.29. The number of carboxylic acid groups (broad SMARTS) is 1. The number of H-pyrrole nitrogens is 1. The van der Waals surface area contributed by atoms with E-state index in [1.807, 2.05) is 6.92 Å². The Labute approximate surface area is 260 Å². The molecule has 5 rings (SSSR count). The first kappa shape index (κ1) is 32.0. The zero-order valence-electron chi connectivity index (χ0n) is 24.6. The number of hydrogen-bond donors (Lipinski definition) is 3. The molecule has 1 amide bonds. The van der Waals surface area contributed by atoms with Crippen LogP contribution < -0.4 is 5.32 Å². The zero-order valence-corrected chi connectivity index (χ0v) is 24.6. The summed E-state index contributed by atoms with van der Waals surface area (Å²) in [5.74, 6) is -2.11. The summed E-state index contributed by atoms with van der Waals surface area (Å²) in [5, 5.41) is 30.2. The number of nitrogens with zero attached hydrogens (tertiary/aromatic N) is 5. The summed E-state index contributed by atoms with van der Waals surface area (Å²) < 4.78 is 57.7. The average molecular weight is 636 g/mol. The number of carbonyl (C=O) groups is 2. The Morgan fingerprint density at radius 2 is 1.74 bits per heavy atom. The van der Waals surface area contributed by atoms with Crippen LogP contribution in [0.3, 0.4) is 0 Å². The maximum Gasteiger partial charge on any atom is 0.416 e. The third-order valence-electron chi connectivity index (χ3n) is 7.33. The SMILES string of the molecule is CCCc1cc(C(=O)N[C@@H](CC(=O)O)Cc2ccccc2C(F)(F)F)nn1Cc1ccc(-c2ccccc2-c2nnn[nH]2)c(F)c1. The highest BCUT2D eigenvalue weighted by Crippen LogP contribution is 2.33. The molecule has 0 aliphatic carbocycles. The fourth-order valence-electron chi connectivity index (χ4n) is 5.29. The summed E-state index contributed by atoms with van der Waals surface area (Å²) in [6.45, 7) is 2.07. The van der Waals surface area contributed by atoms with Crippen molar-refractivity contribution in [2.24, 2.45) is 0 Å². The van der Waals surface area contributed by atoms with Gasteiger partial charge >= 0.3 is 12.1 Å². The van der Waals surface area contributed by atoms with Gasteiger partial charge in [0.25, 0.3) is 5.91 Å². The molecule has 238 valence electrons. The number of alkyl halides is 3. The summed E-state index contributed by atoms with van der Waals surface area (Å²) in [6.07, 6.45) is -4.34. The fraction of sp³-hybridized carbons (Fsp3) is 0.250. The van der Waals surface area contributed by atoms with E-state index in [2.05, 4.69) is 31.0 Å². The van der Waals surface area contributed by atoms with E-state index >= 15 is 4.39 Å². The number of hydrogen-bond acceptors (Lipinski definition) is 6. The lowest BCUT2D eigenvalue weighted by Gasteiger charge is -2.19. The van der Waals surface area contributed by atoms with E-state index in [0.29, 0.717) is 46.6 Å². The number of aromatic nitrogens is 6. The lowest BCUT2D eigenvalue weighted by Crippen LogP contribution is -2.38. The number of aliphatic carboxylic acids is 1. The van der Waals surface area contributed by atoms with Gasteiger partial charge in [-0.1, -0.05) is 67.9 Å². The van der Waals surface area contributed by atoms with Gasteiger partial charge in [-0.25, -0.2) is 9.49 Å². The molecule has 0 saturated heterocycles. The second kappa shape index (κ2) is 13.7. The van der Waals surface area contributed by atoms with Crippen molar-refractivity contribution in [3.8, 4) is 22.5 Å². The Bertz CT molecular complexity index is 1840. The van der Waals surface area contributed by atoms with E-state index in [4.69, 9.17) is 0 Å². The van der Waals surface area contributed by atoms with E-state index in [-0.39, 0.29) is 24.2 Å². The average Bonchev–Trinajstić information content (AvgIpc) is 3.68. The number of halogens is 4. The van der Waals surface area contributed by atoms with E-state index in [1.54, 1.807) is 47.1 Å². The maximum absolute atomic E-state index is 15.5. The van der Waals surface area contributed by atoms with Gasteiger partial charge in [-0.3, -0.25) is 14.3 Å². The molecule has 0 fully saturated rings. The van der Waals surface area contributed by atoms with Crippen molar-refractivity contribution in [1.29, 1.82) is 0 Å². The van der Waals surface area contributed by atoms with Crippen LogP contribution in [0.25, 0.3) is 22.5 Å². The van der Waals surface area contributed by atoms with Crippen LogP contribution in [-0.2, 0) is 30.4 Å². The Kier molecular flexibility index (Phi) is 9.54. The molecule has 46 heavy (non-hydrogen) atoms. The topological polar surface area (TPSA) is 139 Å². The highest BCUT2D eigenvalue weighted by Gasteiger charge is 2.34. The van der Waals surface area contributed by atoms with Gasteiger partial charge in [0, 0.05) is 22.9 Å². The molecule has 2 heterocycles. The van der Waals surface area contributed by atoms with Gasteiger partial charge < -0.3 is 10.4 Å². The second-order valence-electron chi connectivity index (χ2n) is 10.7. The smallest absolute Gasteiger partial charge is 0.416 e. The molecular weight excluding hydrogens is 606 g/mol. The van der Waals surface area contributed by atoms with Crippen molar-refractivity contribution < 1.29 is 32.3 Å². The third kappa shape index (κ3) is 7.45. The predicted octanol–water partition coefficient (Wildman–Crippen LogP) is 5.70. The monoisotopic (exact) mass is 635 g/mol. The Morgan fingerprint density at radius 3 is 2.41 bits per heavy atom. The van der Waals surface area contributed by atoms with Crippen molar-refractivity contribution in [2.45, 2.75) is 51.4 Å². The summed E-state index contributed by atoms with van der Waals surface area (Å²) in [5.41, 5.74) is 1.72. The molecule has 14 heteroatoms. The number of aryl methyl sites for hydroxylation is 1. The molecule has 0 saturated carbocycles. The first-order valence-electron chi connectivity index (χ1n) is 14.4. The van der Waals surface area contributed by atoms with Gasteiger partial charge in [0.05, 0.1) is 18.5 Å². The number of carboxylic acids is 1. The van der Waals surface area contributed by atoms with Crippen LogP contribution in [0.15, 0.2) is 72.8 Å². The maximum atomic E-state index is 15.5. The highest BCUT2D eigenvalue weighted by molar-refractivity contribution is 5.93. The van der Waals surface area contributed by atoms with Gasteiger partial charge in [0.2, 0.25) is 0 Å². The summed E-state index contributed by atoms with van der Waals surface area (Å²) in [4.78, 5) is 24.8. The molecule has 0 aliphatic heterocycles. The molecule has 0 radical (unpaired) electrons. The second-order valence-corrected chi connectivity index (χ2v) is 10.7. The zero-order chi connectivity index (χ0) is 32.8. The molecule has 3 aromatic carbocycles. The lowest BCUT2D eigenvalue weighted by atomic mass is 9.97. The number of carbonyl (C=O) groups excluding carboxylic acids is 1. The Balaban J connectivity index is 1.37. The number of rotatable bonds is 12. The minimum absolute atomic E-state index is 0.0327. The predicted molar refractivity (Wildman–Crippen MR) is 159 cm³/mol. The number of tetrazole rings is 1. The molecule has 0 unspecified atom stereocenters. The highest BCUT2D eigenvalue weighted by atomic mass is 19.4. The van der Waals surface area contributed by atoms with E-state index in [1.165, 1.54) is 24.3 Å². The molecular formula is C32H29F4N7O3. The van der Waals surface area contributed by atoms with E-state index in [9.17, 15) is 27.9 Å². The number of aromatic amines is 1. The van der Waals surface area contributed by atoms with Crippen LogP contribution in [0, 0.1) is 5.82 Å². The van der Waals surface area contributed by atoms with Crippen LogP contribution in [-0.4, -0.2) is 53.4 Å². The van der Waals surface area contributed by atoms with Crippen LogP contribution >= 0.6 is 0 Å². The van der Waals surface area contributed by atoms with Gasteiger partial charge in [-0.05, 0) is 58.2 Å². The number of amides is 1. The van der Waals surface area contributed by atoms with Crippen molar-refractivity contribution in [1.82, 2.24) is 35.7 Å². The standard InChI is InChI=1S/C32H29F4N7O3/c1-2-7-22-17-28(31(46)37-21(16-29(44)45)15-20-8-3-6-11-26(20)32(34,35)36)40-43(22)18-19-12-13-24(27(33)14-19)23-9-4-5-10-25(23)30-38-41-42-39-30/h3-6,8-14,17,21H,2,7,15-16,18H2,1H3,(H,37,46)(H,44,45)(H,38,39,41,42)/t21-/m1/s1. The first-order valence-corrected chi connectivity index (χ1v) is 14.4. The minimum Gasteiger partial charge on any atom is -0.481 e. The van der Waals surface area contributed by atoms with Gasteiger partial charge in [-0.2, -0.15) is 18.3 Å². The van der Waals surface area contributed by atoms with Gasteiger partial charge in [0.15, 0.2) is 5.82 Å². The van der Waals surface area contributed by atoms with E-state index in [0.717, 1.165) is 6.07 Å². The van der Waals surface area contributed by atoms with Crippen LogP contribution in [0.2, 0.25) is 0 Å². The molecule has 2 aromatic heterocycles. The van der Waals surface area contributed by atoms with Crippen molar-refractivity contribution in [2.75, 3.05) is 0 Å². The van der Waals surface area contributed by atoms with Crippen molar-refractivity contribution in [3.63, 3.8) is 0 Å². The molecule has 5 aromatic rings. The minimum atomic E-state index is -4.64. The third-order valence-corrected chi connectivity index (χ3v) is 7.33. The molecule has 0 aliphatic rings. The molecule has 0 spiro atoms. The Morgan fingerprint density at radius 1 is 1.00 bits per heavy atom. The Hall–Kier alpha value is -5.40. The molecule has 10 nitrogen and oxygen atoms in total. The van der Waals surface area contributed by atoms with Crippen LogP contribution in [0.4, 0.5) is 17.6 Å². The normalized spacial score (nSPS) is 12.2. The summed E-state index contributed by atoms with van der Waals surface area (Å²) in [6, 6.07) is 17.1. The number of nitrogens with one attached hydrogen (secondary N) is 2. The van der Waals surface area contributed by atoms with Crippen LogP contribution in [0.1, 0.15) is 52.6 Å². The summed E-state index contributed by atoms with van der Waals surface area (Å²) in [7, 11) is 0. The van der Waals surface area contributed by atoms with Crippen molar-refractivity contribution >= 4 is 11.9 Å². The summed E-state index contributed by atoms with van der Waals surface area (Å²) >= 11 is 0. The van der Waals surface area contributed by atoms with Crippen molar-refractivity contribution in [3.05, 3.63) is 107 Å². The van der Waals surface area contributed by atoms with E-state index < -0.39 is 41.9 Å². The molecule has 0 bridgehead atoms. The molecule has 3 N–H and O–H groups in total. The van der Waals surface area contributed by atoms with Gasteiger partial charge in [-0.15, -0.1) is 5.10 Å². The number of benzene rings is 3. The quantitative estimate of drug-likeness (QED) is 0.149. The lowest BCUT2D eigenvalue weighted by molar-refractivity contribution is -0.138.